The molecular weight excluding hydrogens is 174 g/mol. The summed E-state index contributed by atoms with van der Waals surface area (Å²) in [6, 6.07) is 0. The van der Waals surface area contributed by atoms with Crippen molar-refractivity contribution in [1.82, 2.24) is 0 Å². The molecule has 1 amide bonds. The molecule has 0 rings (SSSR count). The number of quaternary nitrogens is 1. The molecule has 13 heavy (non-hydrogen) atoms. The Hall–Kier alpha value is -1.36. The minimum absolute atomic E-state index is 0.313. The first kappa shape index (κ1) is 11.6. The Balaban J connectivity index is 3.12. The number of carbonyl (C=O) groups excluding carboxylic acids is 2. The van der Waals surface area contributed by atoms with E-state index in [-0.39, 0.29) is 0 Å². The summed E-state index contributed by atoms with van der Waals surface area (Å²) in [5.74, 6) is -0.436. The number of ether oxygens (including phenoxy) is 2. The summed E-state index contributed by atoms with van der Waals surface area (Å²) < 4.78 is 9.25. The van der Waals surface area contributed by atoms with E-state index in [9.17, 15) is 9.59 Å². The van der Waals surface area contributed by atoms with Crippen LogP contribution >= 0.6 is 0 Å². The lowest BCUT2D eigenvalue weighted by Crippen LogP contribution is -2.57. The molecule has 74 valence electrons. The van der Waals surface area contributed by atoms with Crippen LogP contribution in [0.1, 0.15) is 12.8 Å². The highest BCUT2D eigenvalue weighted by molar-refractivity contribution is 5.81. The van der Waals surface area contributed by atoms with Gasteiger partial charge in [-0.05, 0) is 12.8 Å². The van der Waals surface area contributed by atoms with Gasteiger partial charge in [0.1, 0.15) is 0 Å². The summed E-state index contributed by atoms with van der Waals surface area (Å²) in [5, 5.41) is 0. The molecule has 0 fully saturated rings. The number of hydrogen-bond donors (Lipinski definition) is 1. The van der Waals surface area contributed by atoms with Gasteiger partial charge in [0, 0.05) is 6.08 Å². The second kappa shape index (κ2) is 7.30. The molecule has 0 aliphatic rings. The van der Waals surface area contributed by atoms with E-state index < -0.39 is 12.1 Å². The van der Waals surface area contributed by atoms with Gasteiger partial charge in [-0.1, -0.05) is 6.58 Å². The highest BCUT2D eigenvalue weighted by Gasteiger charge is 1.98. The highest BCUT2D eigenvalue weighted by atomic mass is 16.5. The molecule has 5 nitrogen and oxygen atoms in total. The fourth-order valence-corrected chi connectivity index (χ4v) is 0.622. The summed E-state index contributed by atoms with van der Waals surface area (Å²) in [6.07, 6.45) is 1.89. The van der Waals surface area contributed by atoms with Crippen LogP contribution in [-0.4, -0.2) is 25.3 Å². The summed E-state index contributed by atoms with van der Waals surface area (Å²) in [7, 11) is 0. The zero-order valence-electron chi connectivity index (χ0n) is 7.45. The quantitative estimate of drug-likeness (QED) is 0.358. The van der Waals surface area contributed by atoms with Gasteiger partial charge in [0.25, 0.3) is 0 Å². The predicted molar refractivity (Wildman–Crippen MR) is 44.6 cm³/mol. The van der Waals surface area contributed by atoms with E-state index in [2.05, 4.69) is 21.8 Å². The van der Waals surface area contributed by atoms with Crippen LogP contribution in [0.25, 0.3) is 0 Å². The Bertz CT molecular complexity index is 191. The Kier molecular flexibility index (Phi) is 6.53. The van der Waals surface area contributed by atoms with Crippen molar-refractivity contribution in [3.05, 3.63) is 12.7 Å². The third-order valence-electron chi connectivity index (χ3n) is 1.21. The first-order valence-corrected chi connectivity index (χ1v) is 3.94. The van der Waals surface area contributed by atoms with E-state index in [0.717, 1.165) is 6.08 Å². The van der Waals surface area contributed by atoms with Gasteiger partial charge in [-0.15, -0.1) is 0 Å². The zero-order valence-corrected chi connectivity index (χ0v) is 7.45. The zero-order chi connectivity index (χ0) is 10.1. The topological polar surface area (TPSA) is 80.2 Å². The first-order chi connectivity index (χ1) is 6.16. The monoisotopic (exact) mass is 188 g/mol. The maximum absolute atomic E-state index is 10.5. The molecule has 0 aromatic rings. The molecular formula is C8H14NO4+. The Morgan fingerprint density at radius 2 is 1.77 bits per heavy atom. The summed E-state index contributed by atoms with van der Waals surface area (Å²) in [5.41, 5.74) is 3.04. The van der Waals surface area contributed by atoms with Crippen molar-refractivity contribution in [2.45, 2.75) is 12.8 Å². The van der Waals surface area contributed by atoms with Gasteiger partial charge in [0.2, 0.25) is 0 Å². The van der Waals surface area contributed by atoms with E-state index in [0.29, 0.717) is 26.1 Å². The van der Waals surface area contributed by atoms with Crippen LogP contribution in [0.4, 0.5) is 4.79 Å². The average molecular weight is 188 g/mol. The van der Waals surface area contributed by atoms with Crippen LogP contribution in [-0.2, 0) is 14.3 Å². The van der Waals surface area contributed by atoms with Gasteiger partial charge < -0.3 is 9.47 Å². The summed E-state index contributed by atoms with van der Waals surface area (Å²) >= 11 is 0. The summed E-state index contributed by atoms with van der Waals surface area (Å²) in [4.78, 5) is 20.7. The van der Waals surface area contributed by atoms with Crippen molar-refractivity contribution in [2.75, 3.05) is 13.2 Å². The lowest BCUT2D eigenvalue weighted by Gasteiger charge is -2.00. The molecule has 0 unspecified atom stereocenters. The van der Waals surface area contributed by atoms with E-state index in [1.165, 1.54) is 0 Å². The number of rotatable bonds is 6. The van der Waals surface area contributed by atoms with Crippen molar-refractivity contribution in [1.29, 1.82) is 0 Å². The van der Waals surface area contributed by atoms with E-state index in [1.807, 2.05) is 0 Å². The molecule has 0 aliphatic heterocycles. The largest absolute Gasteiger partial charge is 0.511 e. The van der Waals surface area contributed by atoms with Gasteiger partial charge in [0.05, 0.1) is 13.2 Å². The SMILES string of the molecule is C=CC(=O)OCCCCOC([NH3+])=O. The fourth-order valence-electron chi connectivity index (χ4n) is 0.622. The van der Waals surface area contributed by atoms with Crippen molar-refractivity contribution in [2.24, 2.45) is 0 Å². The van der Waals surface area contributed by atoms with Crippen LogP contribution < -0.4 is 5.73 Å². The molecule has 0 saturated heterocycles. The second-order valence-corrected chi connectivity index (χ2v) is 2.30. The smallest absolute Gasteiger partial charge is 0.463 e. The van der Waals surface area contributed by atoms with E-state index in [4.69, 9.17) is 0 Å². The molecule has 0 aromatic carbocycles. The molecule has 0 atom stereocenters. The van der Waals surface area contributed by atoms with Crippen LogP contribution in [0.2, 0.25) is 0 Å². The van der Waals surface area contributed by atoms with Crippen LogP contribution in [0, 0.1) is 0 Å². The van der Waals surface area contributed by atoms with E-state index >= 15 is 0 Å². The van der Waals surface area contributed by atoms with Gasteiger partial charge in [-0.3, -0.25) is 5.73 Å². The second-order valence-electron chi connectivity index (χ2n) is 2.30. The standard InChI is InChI=1S/C8H13NO4/c1-2-7(10)12-5-3-4-6-13-8(9)11/h2H,1,3-6H2,(H2,9,11)/p+1. The first-order valence-electron chi connectivity index (χ1n) is 3.94. The summed E-state index contributed by atoms with van der Waals surface area (Å²) in [6.45, 7) is 3.88. The molecule has 0 aromatic heterocycles. The Morgan fingerprint density at radius 1 is 1.23 bits per heavy atom. The van der Waals surface area contributed by atoms with Crippen molar-refractivity contribution >= 4 is 12.1 Å². The normalized spacial score (nSPS) is 9.00. The Labute approximate surface area is 76.5 Å². The van der Waals surface area contributed by atoms with Crippen molar-refractivity contribution in [3.63, 3.8) is 0 Å². The molecule has 0 bridgehead atoms. The van der Waals surface area contributed by atoms with Gasteiger partial charge in [-0.25, -0.2) is 4.79 Å². The molecule has 3 N–H and O–H groups in total. The number of amides is 1. The number of esters is 1. The number of unbranched alkanes of at least 4 members (excludes halogenated alkanes) is 1. The number of hydrogen-bond acceptors (Lipinski definition) is 4. The molecule has 0 spiro atoms. The van der Waals surface area contributed by atoms with Gasteiger partial charge in [-0.2, -0.15) is 4.79 Å². The maximum atomic E-state index is 10.5. The predicted octanol–water partition coefficient (Wildman–Crippen LogP) is -0.126. The average Bonchev–Trinajstić information content (AvgIpc) is 2.10. The van der Waals surface area contributed by atoms with Crippen LogP contribution in [0.3, 0.4) is 0 Å². The minimum atomic E-state index is -0.539. The molecule has 0 saturated carbocycles. The van der Waals surface area contributed by atoms with Gasteiger partial charge in [0.15, 0.2) is 0 Å². The van der Waals surface area contributed by atoms with Gasteiger partial charge >= 0.3 is 12.1 Å². The molecule has 0 heterocycles. The fraction of sp³-hybridized carbons (Fsp3) is 0.500. The van der Waals surface area contributed by atoms with Crippen molar-refractivity contribution < 1.29 is 24.8 Å². The van der Waals surface area contributed by atoms with Crippen LogP contribution in [0.5, 0.6) is 0 Å². The van der Waals surface area contributed by atoms with E-state index in [1.54, 1.807) is 0 Å². The molecule has 5 heteroatoms. The van der Waals surface area contributed by atoms with Crippen molar-refractivity contribution in [3.8, 4) is 0 Å². The highest BCUT2D eigenvalue weighted by Crippen LogP contribution is 1.91. The lowest BCUT2D eigenvalue weighted by molar-refractivity contribution is -0.282. The molecule has 0 aliphatic carbocycles. The lowest BCUT2D eigenvalue weighted by atomic mass is 10.3. The third-order valence-corrected chi connectivity index (χ3v) is 1.21. The van der Waals surface area contributed by atoms with Crippen LogP contribution in [0.15, 0.2) is 12.7 Å². The number of carbonyl (C=O) groups is 2. The third kappa shape index (κ3) is 8.55. The maximum Gasteiger partial charge on any atom is 0.511 e. The molecule has 0 radical (unpaired) electrons. The minimum Gasteiger partial charge on any atom is -0.463 e. The Morgan fingerprint density at radius 3 is 2.23 bits per heavy atom.